The van der Waals surface area contributed by atoms with Crippen LogP contribution >= 0.6 is 0 Å². The number of hydrogen-bond donors (Lipinski definition) is 0. The maximum Gasteiger partial charge on any atom is 0.0890 e. The molecule has 0 spiro atoms. The second kappa shape index (κ2) is 4.64. The molecule has 1 radical (unpaired) electrons. The summed E-state index contributed by atoms with van der Waals surface area (Å²) in [6.07, 6.45) is 5.48. The Kier molecular flexibility index (Phi) is 4.58. The molecular formula is C7H14MnN2. The molecule has 1 aliphatic heterocycles. The van der Waals surface area contributed by atoms with Gasteiger partial charge in [-0.15, -0.1) is 0 Å². The summed E-state index contributed by atoms with van der Waals surface area (Å²) in [6.45, 7) is 4.45. The van der Waals surface area contributed by atoms with E-state index in [2.05, 4.69) is 36.2 Å². The van der Waals surface area contributed by atoms with E-state index < -0.39 is 0 Å². The molecule has 0 atom stereocenters. The third-order valence-corrected chi connectivity index (χ3v) is 1.45. The molecule has 1 heterocycles. The fraction of sp³-hybridized carbons (Fsp3) is 0.714. The summed E-state index contributed by atoms with van der Waals surface area (Å²) in [4.78, 5) is 4.48. The zero-order valence-corrected chi connectivity index (χ0v) is 7.73. The van der Waals surface area contributed by atoms with Crippen molar-refractivity contribution in [3.05, 3.63) is 12.4 Å². The molecule has 0 aromatic rings. The van der Waals surface area contributed by atoms with Gasteiger partial charge in [0.2, 0.25) is 0 Å². The second-order valence-corrected chi connectivity index (χ2v) is 2.51. The molecular weight excluding hydrogens is 167 g/mol. The van der Waals surface area contributed by atoms with Gasteiger partial charge in [0.05, 0.1) is 6.67 Å². The van der Waals surface area contributed by atoms with E-state index in [0.29, 0.717) is 0 Å². The molecule has 1 rings (SSSR count). The molecule has 0 amide bonds. The van der Waals surface area contributed by atoms with E-state index in [9.17, 15) is 0 Å². The Bertz CT molecular complexity index is 114. The zero-order chi connectivity index (χ0) is 6.69. The number of hydrogen-bond acceptors (Lipinski definition) is 2. The maximum absolute atomic E-state index is 2.31. The molecule has 0 saturated carbocycles. The largest absolute Gasteiger partial charge is 0.362 e. The van der Waals surface area contributed by atoms with Crippen LogP contribution in [0.5, 0.6) is 0 Å². The first kappa shape index (κ1) is 9.86. The zero-order valence-electron chi connectivity index (χ0n) is 6.55. The van der Waals surface area contributed by atoms with Crippen LogP contribution in [0.4, 0.5) is 0 Å². The third-order valence-electron chi connectivity index (χ3n) is 1.45. The quantitative estimate of drug-likeness (QED) is 0.588. The van der Waals surface area contributed by atoms with Crippen LogP contribution < -0.4 is 0 Å². The molecule has 0 bridgehead atoms. The van der Waals surface area contributed by atoms with Gasteiger partial charge in [0.15, 0.2) is 0 Å². The molecule has 0 aliphatic carbocycles. The van der Waals surface area contributed by atoms with Gasteiger partial charge in [-0.3, -0.25) is 0 Å². The Hall–Kier alpha value is -0.141. The van der Waals surface area contributed by atoms with Crippen LogP contribution in [0.15, 0.2) is 12.4 Å². The van der Waals surface area contributed by atoms with Crippen molar-refractivity contribution in [1.82, 2.24) is 9.80 Å². The normalized spacial score (nSPS) is 15.8. The van der Waals surface area contributed by atoms with Crippen LogP contribution in [0.2, 0.25) is 0 Å². The minimum Gasteiger partial charge on any atom is -0.362 e. The molecule has 3 heteroatoms. The van der Waals surface area contributed by atoms with Gasteiger partial charge in [-0.2, -0.15) is 0 Å². The Balaban J connectivity index is 0.000000810. The first-order chi connectivity index (χ1) is 4.33. The second-order valence-electron chi connectivity index (χ2n) is 2.51. The van der Waals surface area contributed by atoms with Crippen molar-refractivity contribution in [2.45, 2.75) is 13.3 Å². The monoisotopic (exact) mass is 181 g/mol. The SMILES string of the molecule is CCCN1C=CN(C)C1.[Mn]. The predicted molar refractivity (Wildman–Crippen MR) is 38.8 cm³/mol. The standard InChI is InChI=1S/C7H14N2.Mn/c1-3-4-9-6-5-8(2)7-9;/h5-6H,3-4,7H2,1-2H3;. The van der Waals surface area contributed by atoms with Crippen LogP contribution in [0.25, 0.3) is 0 Å². The first-order valence-electron chi connectivity index (χ1n) is 3.45. The van der Waals surface area contributed by atoms with E-state index in [1.807, 2.05) is 0 Å². The minimum absolute atomic E-state index is 0. The Morgan fingerprint density at radius 2 is 2.10 bits per heavy atom. The van der Waals surface area contributed by atoms with Crippen molar-refractivity contribution in [2.75, 3.05) is 20.3 Å². The van der Waals surface area contributed by atoms with Gasteiger partial charge in [0.25, 0.3) is 0 Å². The smallest absolute Gasteiger partial charge is 0.0890 e. The van der Waals surface area contributed by atoms with Crippen molar-refractivity contribution in [3.63, 3.8) is 0 Å². The molecule has 10 heavy (non-hydrogen) atoms. The fourth-order valence-electron chi connectivity index (χ4n) is 1.02. The summed E-state index contributed by atoms with van der Waals surface area (Å²) in [7, 11) is 2.09. The topological polar surface area (TPSA) is 6.48 Å². The average Bonchev–Trinajstić information content (AvgIpc) is 2.17. The molecule has 0 unspecified atom stereocenters. The van der Waals surface area contributed by atoms with Gasteiger partial charge >= 0.3 is 0 Å². The van der Waals surface area contributed by atoms with Gasteiger partial charge < -0.3 is 9.80 Å². The van der Waals surface area contributed by atoms with Gasteiger partial charge in [-0.1, -0.05) is 6.92 Å². The van der Waals surface area contributed by atoms with E-state index in [-0.39, 0.29) is 17.1 Å². The number of nitrogens with zero attached hydrogens (tertiary/aromatic N) is 2. The van der Waals surface area contributed by atoms with Crippen LogP contribution in [0.3, 0.4) is 0 Å². The van der Waals surface area contributed by atoms with Crippen molar-refractivity contribution in [2.24, 2.45) is 0 Å². The molecule has 0 fully saturated rings. The molecule has 59 valence electrons. The van der Waals surface area contributed by atoms with E-state index in [1.165, 1.54) is 13.0 Å². The summed E-state index contributed by atoms with van der Waals surface area (Å²) in [6, 6.07) is 0. The Labute approximate surface area is 73.3 Å². The summed E-state index contributed by atoms with van der Waals surface area (Å²) < 4.78 is 0. The Morgan fingerprint density at radius 1 is 1.40 bits per heavy atom. The maximum atomic E-state index is 2.31. The molecule has 1 aliphatic rings. The third kappa shape index (κ3) is 2.63. The van der Waals surface area contributed by atoms with Crippen molar-refractivity contribution in [3.8, 4) is 0 Å². The van der Waals surface area contributed by atoms with Crippen molar-refractivity contribution >= 4 is 0 Å². The van der Waals surface area contributed by atoms with Crippen LogP contribution in [0, 0.1) is 0 Å². The van der Waals surface area contributed by atoms with Crippen molar-refractivity contribution in [1.29, 1.82) is 0 Å². The molecule has 0 aromatic heterocycles. The van der Waals surface area contributed by atoms with Gasteiger partial charge in [-0.25, -0.2) is 0 Å². The minimum atomic E-state index is 0. The molecule has 0 saturated heterocycles. The summed E-state index contributed by atoms with van der Waals surface area (Å²) in [5, 5.41) is 0. The summed E-state index contributed by atoms with van der Waals surface area (Å²) in [5.74, 6) is 0. The summed E-state index contributed by atoms with van der Waals surface area (Å²) >= 11 is 0. The van der Waals surface area contributed by atoms with E-state index in [1.54, 1.807) is 0 Å². The van der Waals surface area contributed by atoms with Crippen LogP contribution in [-0.4, -0.2) is 30.1 Å². The first-order valence-corrected chi connectivity index (χ1v) is 3.45. The van der Waals surface area contributed by atoms with Gasteiger partial charge in [-0.05, 0) is 6.42 Å². The van der Waals surface area contributed by atoms with E-state index in [0.717, 1.165) is 6.67 Å². The molecule has 0 aromatic carbocycles. The van der Waals surface area contributed by atoms with Gasteiger partial charge in [0, 0.05) is 43.1 Å². The summed E-state index contributed by atoms with van der Waals surface area (Å²) in [5.41, 5.74) is 0. The van der Waals surface area contributed by atoms with Gasteiger partial charge in [0.1, 0.15) is 0 Å². The molecule has 2 nitrogen and oxygen atoms in total. The Morgan fingerprint density at radius 3 is 2.50 bits per heavy atom. The fourth-order valence-corrected chi connectivity index (χ4v) is 1.02. The van der Waals surface area contributed by atoms with Crippen molar-refractivity contribution < 1.29 is 17.1 Å². The average molecular weight is 181 g/mol. The molecule has 0 N–H and O–H groups in total. The predicted octanol–water partition coefficient (Wildman–Crippen LogP) is 1.07. The van der Waals surface area contributed by atoms with E-state index in [4.69, 9.17) is 0 Å². The van der Waals surface area contributed by atoms with E-state index >= 15 is 0 Å². The van der Waals surface area contributed by atoms with Crippen LogP contribution in [-0.2, 0) is 17.1 Å². The van der Waals surface area contributed by atoms with Crippen LogP contribution in [0.1, 0.15) is 13.3 Å². The number of rotatable bonds is 2.